The van der Waals surface area contributed by atoms with Crippen LogP contribution in [0.4, 0.5) is 17.6 Å². The number of aromatic nitrogens is 3. The number of hydrogen-bond donors (Lipinski definition) is 1. The lowest BCUT2D eigenvalue weighted by atomic mass is 10.1. The molecule has 0 atom stereocenters. The first-order valence-corrected chi connectivity index (χ1v) is 8.40. The minimum atomic E-state index is -4.66. The lowest BCUT2D eigenvalue weighted by molar-refractivity contribution is -0.301. The van der Waals surface area contributed by atoms with Gasteiger partial charge in [0.2, 0.25) is 0 Å². The van der Waals surface area contributed by atoms with E-state index in [2.05, 4.69) is 14.8 Å². The molecule has 0 bridgehead atoms. The number of ether oxygens (including phenoxy) is 2. The molecule has 1 heterocycles. The number of halogens is 4. The van der Waals surface area contributed by atoms with Gasteiger partial charge in [0.1, 0.15) is 23.4 Å². The fourth-order valence-corrected chi connectivity index (χ4v) is 2.43. The molecule has 0 fully saturated rings. The van der Waals surface area contributed by atoms with Gasteiger partial charge in [0, 0.05) is 12.5 Å². The molecule has 0 amide bonds. The molecule has 0 spiro atoms. The van der Waals surface area contributed by atoms with Gasteiger partial charge in [0.15, 0.2) is 5.82 Å². The first kappa shape index (κ1) is 21.1. The Bertz CT molecular complexity index is 1060. The zero-order chi connectivity index (χ0) is 22.1. The van der Waals surface area contributed by atoms with E-state index in [0.717, 1.165) is 12.1 Å². The van der Waals surface area contributed by atoms with Crippen LogP contribution >= 0.6 is 0 Å². The van der Waals surface area contributed by atoms with Crippen molar-refractivity contribution in [2.45, 2.75) is 19.0 Å². The van der Waals surface area contributed by atoms with E-state index in [1.54, 1.807) is 0 Å². The molecule has 11 heteroatoms. The van der Waals surface area contributed by atoms with Crippen molar-refractivity contribution >= 4 is 5.97 Å². The highest BCUT2D eigenvalue weighted by atomic mass is 19.3. The summed E-state index contributed by atoms with van der Waals surface area (Å²) in [6.45, 7) is 0.0658. The van der Waals surface area contributed by atoms with Gasteiger partial charge in [0.25, 0.3) is 0 Å². The van der Waals surface area contributed by atoms with Crippen molar-refractivity contribution in [2.24, 2.45) is 0 Å². The van der Waals surface area contributed by atoms with Crippen molar-refractivity contribution in [1.29, 1.82) is 0 Å². The highest BCUT2D eigenvalue weighted by molar-refractivity contribution is 5.91. The number of carbonyl (C=O) groups is 1. The SMILES string of the molecule is COc1cc(-c2ncn(-c3ccc(OC(F)(F)C(C)(F)F)cc3)n2)ccc1C(=O)O. The average Bonchev–Trinajstić information content (AvgIpc) is 3.17. The minimum absolute atomic E-state index is 0.0225. The molecule has 3 rings (SSSR count). The quantitative estimate of drug-likeness (QED) is 0.569. The molecule has 158 valence electrons. The molecule has 0 radical (unpaired) electrons. The number of alkyl halides is 4. The molecule has 0 aliphatic carbocycles. The average molecular weight is 425 g/mol. The molecule has 2 aromatic carbocycles. The first-order chi connectivity index (χ1) is 14.0. The second kappa shape index (κ2) is 7.65. The predicted octanol–water partition coefficient (Wildman–Crippen LogP) is 4.27. The summed E-state index contributed by atoms with van der Waals surface area (Å²) in [6, 6.07) is 9.20. The van der Waals surface area contributed by atoms with Gasteiger partial charge in [-0.2, -0.15) is 17.6 Å². The Morgan fingerprint density at radius 3 is 2.33 bits per heavy atom. The minimum Gasteiger partial charge on any atom is -0.496 e. The number of carboxylic acid groups (broad SMARTS) is 1. The van der Waals surface area contributed by atoms with Gasteiger partial charge < -0.3 is 14.6 Å². The fraction of sp³-hybridized carbons (Fsp3) is 0.211. The van der Waals surface area contributed by atoms with E-state index >= 15 is 0 Å². The largest absolute Gasteiger partial charge is 0.496 e. The summed E-state index contributed by atoms with van der Waals surface area (Å²) in [4.78, 5) is 15.3. The van der Waals surface area contributed by atoms with Crippen LogP contribution in [0.15, 0.2) is 48.8 Å². The molecule has 30 heavy (non-hydrogen) atoms. The van der Waals surface area contributed by atoms with Gasteiger partial charge in [-0.1, -0.05) is 0 Å². The van der Waals surface area contributed by atoms with E-state index in [4.69, 9.17) is 9.84 Å². The zero-order valence-corrected chi connectivity index (χ0v) is 15.6. The lowest BCUT2D eigenvalue weighted by Crippen LogP contribution is -2.42. The second-order valence-corrected chi connectivity index (χ2v) is 6.23. The van der Waals surface area contributed by atoms with Gasteiger partial charge in [-0.3, -0.25) is 0 Å². The van der Waals surface area contributed by atoms with Crippen LogP contribution in [0.2, 0.25) is 0 Å². The smallest absolute Gasteiger partial charge is 0.463 e. The van der Waals surface area contributed by atoms with Gasteiger partial charge in [-0.05, 0) is 42.5 Å². The van der Waals surface area contributed by atoms with Gasteiger partial charge in [-0.25, -0.2) is 14.5 Å². The Kier molecular flexibility index (Phi) is 5.38. The topological polar surface area (TPSA) is 86.5 Å². The van der Waals surface area contributed by atoms with Crippen LogP contribution in [-0.2, 0) is 0 Å². The van der Waals surface area contributed by atoms with Gasteiger partial charge in [-0.15, -0.1) is 5.10 Å². The molecule has 0 saturated heterocycles. The number of methoxy groups -OCH3 is 1. The van der Waals surface area contributed by atoms with E-state index in [0.29, 0.717) is 11.3 Å². The molecule has 3 aromatic rings. The number of aromatic carboxylic acids is 1. The molecule has 0 saturated carbocycles. The summed E-state index contributed by atoms with van der Waals surface area (Å²) in [5.41, 5.74) is 0.868. The third-order valence-corrected chi connectivity index (χ3v) is 4.04. The van der Waals surface area contributed by atoms with Crippen LogP contribution in [0.25, 0.3) is 17.1 Å². The van der Waals surface area contributed by atoms with E-state index in [1.165, 1.54) is 48.5 Å². The highest BCUT2D eigenvalue weighted by Gasteiger charge is 2.55. The lowest BCUT2D eigenvalue weighted by Gasteiger charge is -2.23. The summed E-state index contributed by atoms with van der Waals surface area (Å²) < 4.78 is 62.9. The monoisotopic (exact) mass is 425 g/mol. The normalized spacial score (nSPS) is 11.9. The summed E-state index contributed by atoms with van der Waals surface area (Å²) >= 11 is 0. The van der Waals surface area contributed by atoms with Crippen LogP contribution in [0.5, 0.6) is 11.5 Å². The molecule has 0 aliphatic heterocycles. The molecular weight excluding hydrogens is 410 g/mol. The number of hydrogen-bond acceptors (Lipinski definition) is 5. The van der Waals surface area contributed by atoms with Crippen molar-refractivity contribution in [3.05, 3.63) is 54.4 Å². The maximum atomic E-state index is 13.3. The third-order valence-electron chi connectivity index (χ3n) is 4.04. The first-order valence-electron chi connectivity index (χ1n) is 8.40. The van der Waals surface area contributed by atoms with Gasteiger partial charge in [0.05, 0.1) is 12.8 Å². The van der Waals surface area contributed by atoms with E-state index < -0.39 is 23.7 Å². The van der Waals surface area contributed by atoms with Crippen molar-refractivity contribution in [2.75, 3.05) is 7.11 Å². The highest BCUT2D eigenvalue weighted by Crippen LogP contribution is 2.36. The Labute approximate surface area is 167 Å². The van der Waals surface area contributed by atoms with Crippen molar-refractivity contribution in [1.82, 2.24) is 14.8 Å². The third kappa shape index (κ3) is 4.19. The van der Waals surface area contributed by atoms with Crippen molar-refractivity contribution < 1.29 is 36.9 Å². The molecule has 7 nitrogen and oxygen atoms in total. The summed E-state index contributed by atoms with van der Waals surface area (Å²) in [5.74, 6) is -5.55. The molecule has 1 N–H and O–H groups in total. The van der Waals surface area contributed by atoms with Crippen LogP contribution < -0.4 is 9.47 Å². The van der Waals surface area contributed by atoms with E-state index in [9.17, 15) is 22.4 Å². The maximum absolute atomic E-state index is 13.3. The molecule has 0 unspecified atom stereocenters. The predicted molar refractivity (Wildman–Crippen MR) is 96.5 cm³/mol. The summed E-state index contributed by atoms with van der Waals surface area (Å²) in [7, 11) is 1.33. The van der Waals surface area contributed by atoms with Crippen LogP contribution in [-0.4, -0.2) is 45.0 Å². The van der Waals surface area contributed by atoms with E-state index in [-0.39, 0.29) is 24.1 Å². The van der Waals surface area contributed by atoms with Crippen molar-refractivity contribution in [3.63, 3.8) is 0 Å². The summed E-state index contributed by atoms with van der Waals surface area (Å²) in [5, 5.41) is 13.4. The number of benzene rings is 2. The number of rotatable bonds is 7. The Hall–Kier alpha value is -3.63. The Morgan fingerprint density at radius 2 is 1.77 bits per heavy atom. The summed E-state index contributed by atoms with van der Waals surface area (Å²) in [6.07, 6.45) is -3.31. The van der Waals surface area contributed by atoms with Gasteiger partial charge >= 0.3 is 18.0 Å². The molecule has 0 aliphatic rings. The molecule has 1 aromatic heterocycles. The Morgan fingerprint density at radius 1 is 1.10 bits per heavy atom. The van der Waals surface area contributed by atoms with Crippen LogP contribution in [0.1, 0.15) is 17.3 Å². The number of carboxylic acids is 1. The zero-order valence-electron chi connectivity index (χ0n) is 15.6. The standard InChI is InChI=1S/C19H15F4N3O4/c1-18(20,21)19(22,23)30-13-6-4-12(5-7-13)26-10-24-16(25-26)11-3-8-14(17(27)28)15(9-11)29-2/h3-10H,1-2H3,(H,27,28). The second-order valence-electron chi connectivity index (χ2n) is 6.23. The maximum Gasteiger partial charge on any atom is 0.463 e. The van der Waals surface area contributed by atoms with E-state index in [1.807, 2.05) is 0 Å². The van der Waals surface area contributed by atoms with Crippen molar-refractivity contribution in [3.8, 4) is 28.6 Å². The Balaban J connectivity index is 1.82. The fourth-order valence-electron chi connectivity index (χ4n) is 2.43. The van der Waals surface area contributed by atoms with Crippen LogP contribution in [0, 0.1) is 0 Å². The number of nitrogens with zero attached hydrogens (tertiary/aromatic N) is 3. The molecular formula is C19H15F4N3O4. The van der Waals surface area contributed by atoms with Crippen LogP contribution in [0.3, 0.4) is 0 Å².